The topological polar surface area (TPSA) is 66.0 Å². The molecule has 100 valence electrons. The lowest BCUT2D eigenvalue weighted by molar-refractivity contribution is 0.454. The third-order valence-electron chi connectivity index (χ3n) is 2.83. The molecule has 0 radical (unpaired) electrons. The van der Waals surface area contributed by atoms with Crippen LogP contribution in [-0.4, -0.2) is 15.1 Å². The predicted octanol–water partition coefficient (Wildman–Crippen LogP) is 3.01. The molecule has 1 aromatic carbocycles. The highest BCUT2D eigenvalue weighted by Gasteiger charge is 2.14. The lowest BCUT2D eigenvalue weighted by atomic mass is 10.1. The summed E-state index contributed by atoms with van der Waals surface area (Å²) < 4.78 is 12.9. The number of hydrogen-bond donors (Lipinski definition) is 2. The molecule has 0 unspecified atom stereocenters. The summed E-state index contributed by atoms with van der Waals surface area (Å²) in [5.74, 6) is -0.478. The number of H-pyrrole nitrogens is 1. The van der Waals surface area contributed by atoms with Crippen LogP contribution >= 0.6 is 11.3 Å². The predicted molar refractivity (Wildman–Crippen MR) is 75.2 cm³/mol. The van der Waals surface area contributed by atoms with Gasteiger partial charge in [-0.2, -0.15) is 16.3 Å². The molecule has 0 aliphatic rings. The third-order valence-corrected chi connectivity index (χ3v) is 3.51. The second-order valence-electron chi connectivity index (χ2n) is 4.13. The maximum atomic E-state index is 12.9. The summed E-state index contributed by atoms with van der Waals surface area (Å²) in [6.07, 6.45) is 0. The van der Waals surface area contributed by atoms with E-state index in [-0.39, 0.29) is 11.4 Å². The molecule has 0 spiro atoms. The normalized spacial score (nSPS) is 10.7. The van der Waals surface area contributed by atoms with E-state index in [4.69, 9.17) is 0 Å². The molecule has 0 amide bonds. The zero-order valence-electron chi connectivity index (χ0n) is 10.1. The largest absolute Gasteiger partial charge is 0.493 e. The van der Waals surface area contributed by atoms with E-state index in [2.05, 4.69) is 9.97 Å². The molecule has 0 saturated heterocycles. The van der Waals surface area contributed by atoms with Crippen LogP contribution in [0.4, 0.5) is 4.39 Å². The average molecular weight is 288 g/mol. The first-order valence-electron chi connectivity index (χ1n) is 5.77. The highest BCUT2D eigenvalue weighted by atomic mass is 32.1. The van der Waals surface area contributed by atoms with E-state index in [1.807, 2.05) is 10.8 Å². The van der Waals surface area contributed by atoms with E-state index >= 15 is 0 Å². The van der Waals surface area contributed by atoms with Crippen LogP contribution in [0.2, 0.25) is 0 Å². The Labute approximate surface area is 117 Å². The van der Waals surface area contributed by atoms with Crippen LogP contribution in [0.25, 0.3) is 22.5 Å². The van der Waals surface area contributed by atoms with Crippen molar-refractivity contribution in [1.82, 2.24) is 9.97 Å². The van der Waals surface area contributed by atoms with Crippen LogP contribution < -0.4 is 5.56 Å². The number of thiophene rings is 1. The molecule has 0 aliphatic carbocycles. The van der Waals surface area contributed by atoms with E-state index in [1.165, 1.54) is 35.6 Å². The number of aromatic hydroxyl groups is 1. The van der Waals surface area contributed by atoms with Gasteiger partial charge in [-0.1, -0.05) is 12.1 Å². The van der Waals surface area contributed by atoms with Crippen molar-refractivity contribution < 1.29 is 9.50 Å². The van der Waals surface area contributed by atoms with Gasteiger partial charge in [0.1, 0.15) is 17.2 Å². The van der Waals surface area contributed by atoms with Gasteiger partial charge in [-0.25, -0.2) is 4.39 Å². The van der Waals surface area contributed by atoms with Crippen LogP contribution in [0, 0.1) is 5.82 Å². The summed E-state index contributed by atoms with van der Waals surface area (Å²) in [5.41, 5.74) is 0.705. The second-order valence-corrected chi connectivity index (χ2v) is 4.91. The number of nitrogens with one attached hydrogen (secondary N) is 1. The molecule has 0 fully saturated rings. The van der Waals surface area contributed by atoms with Crippen molar-refractivity contribution in [3.05, 3.63) is 57.3 Å². The van der Waals surface area contributed by atoms with Crippen LogP contribution in [0.1, 0.15) is 0 Å². The molecule has 0 atom stereocenters. The SMILES string of the molecule is O=c1[nH]c(-c2ccsc2)nc(O)c1-c1ccc(F)cc1. The van der Waals surface area contributed by atoms with E-state index in [0.717, 1.165) is 5.56 Å². The molecule has 3 aromatic rings. The van der Waals surface area contributed by atoms with Crippen molar-refractivity contribution in [2.24, 2.45) is 0 Å². The van der Waals surface area contributed by atoms with E-state index < -0.39 is 11.4 Å². The van der Waals surface area contributed by atoms with Crippen molar-refractivity contribution in [2.45, 2.75) is 0 Å². The minimum absolute atomic E-state index is 0.0315. The molecular weight excluding hydrogens is 279 g/mol. The summed E-state index contributed by atoms with van der Waals surface area (Å²) in [7, 11) is 0. The first-order chi connectivity index (χ1) is 9.65. The number of hydrogen-bond acceptors (Lipinski definition) is 4. The minimum Gasteiger partial charge on any atom is -0.493 e. The highest BCUT2D eigenvalue weighted by molar-refractivity contribution is 7.08. The lowest BCUT2D eigenvalue weighted by Gasteiger charge is -2.05. The van der Waals surface area contributed by atoms with Gasteiger partial charge in [-0.05, 0) is 29.1 Å². The maximum absolute atomic E-state index is 12.9. The summed E-state index contributed by atoms with van der Waals surface area (Å²) >= 11 is 1.46. The van der Waals surface area contributed by atoms with Crippen LogP contribution in [-0.2, 0) is 0 Å². The molecule has 2 aromatic heterocycles. The molecule has 0 aliphatic heterocycles. The maximum Gasteiger partial charge on any atom is 0.262 e. The molecule has 2 heterocycles. The Morgan fingerprint density at radius 1 is 1.15 bits per heavy atom. The quantitative estimate of drug-likeness (QED) is 0.761. The first-order valence-corrected chi connectivity index (χ1v) is 6.71. The molecule has 6 heteroatoms. The molecule has 20 heavy (non-hydrogen) atoms. The monoisotopic (exact) mass is 288 g/mol. The van der Waals surface area contributed by atoms with Gasteiger partial charge in [0.2, 0.25) is 5.88 Å². The van der Waals surface area contributed by atoms with Crippen molar-refractivity contribution in [2.75, 3.05) is 0 Å². The Kier molecular flexibility index (Phi) is 3.08. The van der Waals surface area contributed by atoms with Gasteiger partial charge in [-0.3, -0.25) is 4.79 Å². The Balaban J connectivity index is 2.14. The summed E-state index contributed by atoms with van der Waals surface area (Å²) in [6.45, 7) is 0. The van der Waals surface area contributed by atoms with Crippen molar-refractivity contribution >= 4 is 11.3 Å². The number of benzene rings is 1. The average Bonchev–Trinajstić information content (AvgIpc) is 2.94. The van der Waals surface area contributed by atoms with Gasteiger partial charge < -0.3 is 10.1 Å². The zero-order chi connectivity index (χ0) is 14.1. The Morgan fingerprint density at radius 3 is 2.50 bits per heavy atom. The number of aromatic nitrogens is 2. The molecule has 0 saturated carbocycles. The fraction of sp³-hybridized carbons (Fsp3) is 0. The van der Waals surface area contributed by atoms with Crippen LogP contribution in [0.15, 0.2) is 45.9 Å². The number of halogens is 1. The van der Waals surface area contributed by atoms with Crippen molar-refractivity contribution in [3.63, 3.8) is 0 Å². The third kappa shape index (κ3) is 2.21. The summed E-state index contributed by atoms with van der Waals surface area (Å²) in [6, 6.07) is 7.08. The van der Waals surface area contributed by atoms with Crippen LogP contribution in [0.5, 0.6) is 5.88 Å². The second kappa shape index (κ2) is 4.90. The Morgan fingerprint density at radius 2 is 1.90 bits per heavy atom. The number of nitrogens with zero attached hydrogens (tertiary/aromatic N) is 1. The number of rotatable bonds is 2. The standard InChI is InChI=1S/C14H9FN2O2S/c15-10-3-1-8(2-4-10)11-13(18)16-12(17-14(11)19)9-5-6-20-7-9/h1-7H,(H2,16,17,18,19). The first kappa shape index (κ1) is 12.6. The lowest BCUT2D eigenvalue weighted by Crippen LogP contribution is -2.11. The van der Waals surface area contributed by atoms with Crippen molar-refractivity contribution in [1.29, 1.82) is 0 Å². The fourth-order valence-corrected chi connectivity index (χ4v) is 2.51. The number of aromatic amines is 1. The highest BCUT2D eigenvalue weighted by Crippen LogP contribution is 2.26. The van der Waals surface area contributed by atoms with Gasteiger partial charge in [0.15, 0.2) is 0 Å². The van der Waals surface area contributed by atoms with Crippen LogP contribution in [0.3, 0.4) is 0 Å². The van der Waals surface area contributed by atoms with Gasteiger partial charge in [0.25, 0.3) is 5.56 Å². The molecule has 3 rings (SSSR count). The molecule has 2 N–H and O–H groups in total. The Hall–Kier alpha value is -2.47. The van der Waals surface area contributed by atoms with Crippen molar-refractivity contribution in [3.8, 4) is 28.4 Å². The van der Waals surface area contributed by atoms with Gasteiger partial charge in [0.05, 0.1) is 0 Å². The molecular formula is C14H9FN2O2S. The van der Waals surface area contributed by atoms with Gasteiger partial charge >= 0.3 is 0 Å². The summed E-state index contributed by atoms with van der Waals surface area (Å²) in [4.78, 5) is 18.7. The summed E-state index contributed by atoms with van der Waals surface area (Å²) in [5, 5.41) is 13.6. The minimum atomic E-state index is -0.467. The van der Waals surface area contributed by atoms with E-state index in [0.29, 0.717) is 11.4 Å². The molecule has 4 nitrogen and oxygen atoms in total. The van der Waals surface area contributed by atoms with Gasteiger partial charge in [-0.15, -0.1) is 0 Å². The van der Waals surface area contributed by atoms with Gasteiger partial charge in [0, 0.05) is 10.9 Å². The van der Waals surface area contributed by atoms with E-state index in [1.54, 1.807) is 6.07 Å². The fourth-order valence-electron chi connectivity index (χ4n) is 1.87. The van der Waals surface area contributed by atoms with E-state index in [9.17, 15) is 14.3 Å². The zero-order valence-corrected chi connectivity index (χ0v) is 10.9. The molecule has 0 bridgehead atoms. The Bertz CT molecular complexity index is 795. The smallest absolute Gasteiger partial charge is 0.262 e.